The number of rotatable bonds is 4. The Morgan fingerprint density at radius 1 is 1.43 bits per heavy atom. The fourth-order valence-electron chi connectivity index (χ4n) is 2.22. The number of carbonyl (C=O) groups is 2. The fraction of sp³-hybridized carbons (Fsp3) is 0.286. The highest BCUT2D eigenvalue weighted by Gasteiger charge is 2.45. The molecule has 1 unspecified atom stereocenters. The van der Waals surface area contributed by atoms with E-state index in [1.54, 1.807) is 29.6 Å². The largest absolute Gasteiger partial charge is 0.477 e. The number of β-lactam (4-membered cyclic amide) rings is 1. The molecule has 110 valence electrons. The summed E-state index contributed by atoms with van der Waals surface area (Å²) in [6.07, 6.45) is 2.07. The molecule has 1 aromatic rings. The summed E-state index contributed by atoms with van der Waals surface area (Å²) in [6, 6.07) is 7.89. The van der Waals surface area contributed by atoms with Gasteiger partial charge in [-0.2, -0.15) is 0 Å². The first-order chi connectivity index (χ1) is 10.1. The van der Waals surface area contributed by atoms with Crippen molar-refractivity contribution in [3.05, 3.63) is 41.6 Å². The van der Waals surface area contributed by atoms with Crippen molar-refractivity contribution in [1.29, 1.82) is 0 Å². The number of carbonyl (C=O) groups excluding carboxylic acids is 1. The van der Waals surface area contributed by atoms with E-state index in [1.807, 2.05) is 24.3 Å². The molecule has 2 heterocycles. The van der Waals surface area contributed by atoms with E-state index < -0.39 is 5.97 Å². The first-order valence-corrected chi connectivity index (χ1v) is 8.68. The normalized spacial score (nSPS) is 24.1. The Labute approximate surface area is 135 Å². The van der Waals surface area contributed by atoms with Gasteiger partial charge in [0, 0.05) is 10.8 Å². The van der Waals surface area contributed by atoms with Crippen LogP contribution in [0.15, 0.2) is 40.9 Å². The average molecular weight is 342 g/mol. The third-order valence-electron chi connectivity index (χ3n) is 3.30. The number of benzene rings is 1. The van der Waals surface area contributed by atoms with E-state index in [9.17, 15) is 14.7 Å². The first kappa shape index (κ1) is 14.8. The van der Waals surface area contributed by atoms with Gasteiger partial charge in [-0.1, -0.05) is 12.1 Å². The van der Waals surface area contributed by atoms with Crippen LogP contribution < -0.4 is 0 Å². The summed E-state index contributed by atoms with van der Waals surface area (Å²) in [7, 11) is 0. The van der Waals surface area contributed by atoms with Crippen molar-refractivity contribution in [1.82, 2.24) is 4.90 Å². The lowest BCUT2D eigenvalue weighted by atomic mass is 10.1. The molecule has 2 aliphatic rings. The quantitative estimate of drug-likeness (QED) is 0.673. The highest BCUT2D eigenvalue weighted by Crippen LogP contribution is 2.45. The zero-order valence-corrected chi connectivity index (χ0v) is 13.2. The topological polar surface area (TPSA) is 57.6 Å². The van der Waals surface area contributed by atoms with Crippen LogP contribution in [0, 0.1) is 0 Å². The average Bonchev–Trinajstić information content (AvgIpc) is 2.46. The van der Waals surface area contributed by atoms with Crippen molar-refractivity contribution in [2.45, 2.75) is 27.2 Å². The Balaban J connectivity index is 1.77. The number of aliphatic carboxylic acids is 1. The van der Waals surface area contributed by atoms with E-state index in [0.717, 1.165) is 10.5 Å². The van der Waals surface area contributed by atoms with Crippen LogP contribution in [0.25, 0.3) is 0 Å². The molecule has 2 atom stereocenters. The van der Waals surface area contributed by atoms with Crippen LogP contribution in [-0.4, -0.2) is 31.8 Å². The third-order valence-corrected chi connectivity index (χ3v) is 6.24. The van der Waals surface area contributed by atoms with Gasteiger partial charge < -0.3 is 5.11 Å². The van der Waals surface area contributed by atoms with Gasteiger partial charge in [-0.15, -0.1) is 35.1 Å². The van der Waals surface area contributed by atoms with E-state index in [4.69, 9.17) is 11.6 Å². The molecule has 0 radical (unpaired) electrons. The monoisotopic (exact) mass is 341 g/mol. The number of amides is 1. The Bertz CT molecular complexity index is 617. The highest BCUT2D eigenvalue weighted by atomic mass is 35.5. The summed E-state index contributed by atoms with van der Waals surface area (Å²) in [5.74, 6) is -0.682. The Morgan fingerprint density at radius 3 is 2.71 bits per heavy atom. The highest BCUT2D eigenvalue weighted by molar-refractivity contribution is 8.17. The summed E-state index contributed by atoms with van der Waals surface area (Å²) >= 11 is 8.96. The Hall–Kier alpha value is -1.11. The third kappa shape index (κ3) is 2.93. The standard InChI is InChI=1S/C14H12ClNO3S2/c15-7-8-1-3-9(4-2-8)20-13-5-10(14(18)19)16-11(17)6-12(16)21-13/h1-5,12-13H,6-7H2,(H,18,19)/t12-,13?/m1/s1. The van der Waals surface area contributed by atoms with E-state index in [-0.39, 0.29) is 21.6 Å². The predicted molar refractivity (Wildman–Crippen MR) is 84.2 cm³/mol. The molecule has 1 fully saturated rings. The molecular formula is C14H12ClNO3S2. The van der Waals surface area contributed by atoms with Crippen molar-refractivity contribution in [3.63, 3.8) is 0 Å². The molecule has 7 heteroatoms. The lowest BCUT2D eigenvalue weighted by Gasteiger charge is -2.44. The van der Waals surface area contributed by atoms with Gasteiger partial charge in [0.05, 0.1) is 16.4 Å². The number of fused-ring (bicyclic) bond motifs is 1. The number of alkyl halides is 1. The molecule has 1 amide bonds. The van der Waals surface area contributed by atoms with Crippen LogP contribution in [0.4, 0.5) is 0 Å². The van der Waals surface area contributed by atoms with Crippen LogP contribution in [0.1, 0.15) is 12.0 Å². The van der Waals surface area contributed by atoms with Gasteiger partial charge in [-0.05, 0) is 23.8 Å². The summed E-state index contributed by atoms with van der Waals surface area (Å²) in [5.41, 5.74) is 1.15. The maximum Gasteiger partial charge on any atom is 0.352 e. The summed E-state index contributed by atoms with van der Waals surface area (Å²) in [5, 5.41) is 9.19. The van der Waals surface area contributed by atoms with Crippen molar-refractivity contribution >= 4 is 47.0 Å². The minimum atomic E-state index is -1.04. The fourth-order valence-corrected chi connectivity index (χ4v) is 5.20. The molecule has 21 heavy (non-hydrogen) atoms. The van der Waals surface area contributed by atoms with E-state index in [2.05, 4.69) is 0 Å². The summed E-state index contributed by atoms with van der Waals surface area (Å²) < 4.78 is -0.00713. The first-order valence-electron chi connectivity index (χ1n) is 6.32. The van der Waals surface area contributed by atoms with Crippen LogP contribution in [0.2, 0.25) is 0 Å². The van der Waals surface area contributed by atoms with Gasteiger partial charge in [0.2, 0.25) is 5.91 Å². The Kier molecular flexibility index (Phi) is 4.19. The smallest absolute Gasteiger partial charge is 0.352 e. The summed E-state index contributed by atoms with van der Waals surface area (Å²) in [6.45, 7) is 0. The van der Waals surface area contributed by atoms with Gasteiger partial charge in [0.25, 0.3) is 0 Å². The number of nitrogens with zero attached hydrogens (tertiary/aromatic N) is 1. The van der Waals surface area contributed by atoms with E-state index in [0.29, 0.717) is 12.3 Å². The minimum absolute atomic E-state index is 0.00713. The second-order valence-electron chi connectivity index (χ2n) is 4.68. The number of thioether (sulfide) groups is 2. The predicted octanol–water partition coefficient (Wildman–Crippen LogP) is 3.12. The van der Waals surface area contributed by atoms with Gasteiger partial charge in [0.15, 0.2) is 0 Å². The van der Waals surface area contributed by atoms with Crippen molar-refractivity contribution < 1.29 is 14.7 Å². The molecule has 0 aliphatic carbocycles. The lowest BCUT2D eigenvalue weighted by molar-refractivity contribution is -0.146. The van der Waals surface area contributed by atoms with E-state index >= 15 is 0 Å². The molecule has 4 nitrogen and oxygen atoms in total. The zero-order valence-electron chi connectivity index (χ0n) is 10.9. The van der Waals surface area contributed by atoms with Crippen LogP contribution >= 0.6 is 35.1 Å². The van der Waals surface area contributed by atoms with Crippen LogP contribution in [0.5, 0.6) is 0 Å². The molecule has 1 saturated heterocycles. The number of carboxylic acids is 1. The zero-order chi connectivity index (χ0) is 15.0. The minimum Gasteiger partial charge on any atom is -0.477 e. The van der Waals surface area contributed by atoms with Crippen molar-refractivity contribution in [2.75, 3.05) is 0 Å². The van der Waals surface area contributed by atoms with Crippen LogP contribution in [0.3, 0.4) is 0 Å². The Morgan fingerprint density at radius 2 is 2.14 bits per heavy atom. The lowest BCUT2D eigenvalue weighted by Crippen LogP contribution is -2.53. The second-order valence-corrected chi connectivity index (χ2v) is 7.78. The maximum atomic E-state index is 11.5. The molecule has 3 rings (SSSR count). The van der Waals surface area contributed by atoms with Gasteiger partial charge in [0.1, 0.15) is 5.70 Å². The SMILES string of the molecule is O=C(O)C1=CC(Sc2ccc(CCl)cc2)S[C@@H]2CC(=O)N12. The second kappa shape index (κ2) is 5.94. The van der Waals surface area contributed by atoms with Gasteiger partial charge >= 0.3 is 5.97 Å². The van der Waals surface area contributed by atoms with Crippen molar-refractivity contribution in [2.24, 2.45) is 0 Å². The van der Waals surface area contributed by atoms with Gasteiger partial charge in [-0.3, -0.25) is 9.69 Å². The molecule has 1 aromatic carbocycles. The summed E-state index contributed by atoms with van der Waals surface area (Å²) in [4.78, 5) is 25.2. The molecule has 2 aliphatic heterocycles. The molecule has 0 aromatic heterocycles. The molecule has 0 spiro atoms. The number of hydrogen-bond donors (Lipinski definition) is 1. The maximum absolute atomic E-state index is 11.5. The number of hydrogen-bond acceptors (Lipinski definition) is 4. The molecule has 0 bridgehead atoms. The molecule has 0 saturated carbocycles. The molecular weight excluding hydrogens is 330 g/mol. The van der Waals surface area contributed by atoms with Gasteiger partial charge in [-0.25, -0.2) is 4.79 Å². The van der Waals surface area contributed by atoms with Crippen molar-refractivity contribution in [3.8, 4) is 0 Å². The van der Waals surface area contributed by atoms with Crippen LogP contribution in [-0.2, 0) is 15.5 Å². The van der Waals surface area contributed by atoms with E-state index in [1.165, 1.54) is 4.90 Å². The molecule has 1 N–H and O–H groups in total. The number of carboxylic acid groups (broad SMARTS) is 1. The number of halogens is 1.